The van der Waals surface area contributed by atoms with E-state index in [0.29, 0.717) is 12.1 Å². The molecular formula is C18H21FIN3O2S. The number of anilines is 2. The average molecular weight is 489 g/mol. The Morgan fingerprint density at radius 2 is 1.73 bits per heavy atom. The van der Waals surface area contributed by atoms with Gasteiger partial charge in [-0.05, 0) is 78.9 Å². The first-order valence-electron chi connectivity index (χ1n) is 8.33. The summed E-state index contributed by atoms with van der Waals surface area (Å²) in [5.41, 5.74) is 0.756. The van der Waals surface area contributed by atoms with Crippen LogP contribution in [0.5, 0.6) is 0 Å². The zero-order valence-electron chi connectivity index (χ0n) is 14.5. The highest BCUT2D eigenvalue weighted by Crippen LogP contribution is 2.26. The van der Waals surface area contributed by atoms with Gasteiger partial charge in [-0.2, -0.15) is 0 Å². The molecule has 0 bridgehead atoms. The molecule has 0 unspecified atom stereocenters. The summed E-state index contributed by atoms with van der Waals surface area (Å²) in [4.78, 5) is 2.24. The van der Waals surface area contributed by atoms with Gasteiger partial charge < -0.3 is 10.2 Å². The second kappa shape index (κ2) is 7.69. The Bertz CT molecular complexity index is 880. The molecule has 8 heteroatoms. The maximum Gasteiger partial charge on any atom is 0.261 e. The van der Waals surface area contributed by atoms with Crippen LogP contribution in [0.4, 0.5) is 15.8 Å². The van der Waals surface area contributed by atoms with E-state index in [4.69, 9.17) is 0 Å². The topological polar surface area (TPSA) is 61.4 Å². The smallest absolute Gasteiger partial charge is 0.261 e. The summed E-state index contributed by atoms with van der Waals surface area (Å²) in [7, 11) is -3.85. The number of piperazine rings is 1. The maximum atomic E-state index is 14.2. The van der Waals surface area contributed by atoms with Gasteiger partial charge in [0.05, 0.1) is 10.6 Å². The highest BCUT2D eigenvalue weighted by molar-refractivity contribution is 14.1. The van der Waals surface area contributed by atoms with Gasteiger partial charge in [-0.1, -0.05) is 0 Å². The third-order valence-electron chi connectivity index (χ3n) is 4.24. The van der Waals surface area contributed by atoms with Gasteiger partial charge in [0.1, 0.15) is 5.82 Å². The highest BCUT2D eigenvalue weighted by Gasteiger charge is 2.23. The van der Waals surface area contributed by atoms with Crippen LogP contribution in [0.25, 0.3) is 0 Å². The summed E-state index contributed by atoms with van der Waals surface area (Å²) < 4.78 is 42.7. The lowest BCUT2D eigenvalue weighted by atomic mass is 10.1. The quantitative estimate of drug-likeness (QED) is 0.647. The summed E-state index contributed by atoms with van der Waals surface area (Å²) in [6.07, 6.45) is 0. The molecule has 1 fully saturated rings. The molecule has 0 aliphatic carbocycles. The summed E-state index contributed by atoms with van der Waals surface area (Å²) in [6.45, 7) is 5.73. The SMILES string of the molecule is C[C@@H]1CN(c2ccc(F)c(NS(=O)(=O)c3ccc(I)cc3)c2)C[C@H](C)N1. The fourth-order valence-corrected chi connectivity index (χ4v) is 4.56. The second-order valence-electron chi connectivity index (χ2n) is 6.60. The molecule has 2 aromatic rings. The van der Waals surface area contributed by atoms with E-state index in [2.05, 4.69) is 51.4 Å². The standard InChI is InChI=1S/C18H21FIN3O2S/c1-12-10-23(11-13(2)21-12)15-5-8-17(19)18(9-15)22-26(24,25)16-6-3-14(20)4-7-16/h3-9,12-13,21-22H,10-11H2,1-2H3/t12-,13+. The Labute approximate surface area is 167 Å². The minimum atomic E-state index is -3.85. The van der Waals surface area contributed by atoms with Crippen LogP contribution < -0.4 is 14.9 Å². The minimum absolute atomic E-state index is 0.0418. The largest absolute Gasteiger partial charge is 0.368 e. The molecule has 0 radical (unpaired) electrons. The number of rotatable bonds is 4. The summed E-state index contributed by atoms with van der Waals surface area (Å²) in [5.74, 6) is -0.598. The molecule has 0 saturated carbocycles. The third kappa shape index (κ3) is 4.47. The van der Waals surface area contributed by atoms with E-state index in [1.54, 1.807) is 24.3 Å². The first kappa shape index (κ1) is 19.4. The van der Waals surface area contributed by atoms with Crippen molar-refractivity contribution in [2.45, 2.75) is 30.8 Å². The van der Waals surface area contributed by atoms with Crippen molar-refractivity contribution in [3.05, 3.63) is 51.9 Å². The molecular weight excluding hydrogens is 468 g/mol. The number of hydrogen-bond acceptors (Lipinski definition) is 4. The molecule has 1 heterocycles. The Balaban J connectivity index is 1.87. The van der Waals surface area contributed by atoms with Gasteiger partial charge in [-0.25, -0.2) is 12.8 Å². The first-order valence-corrected chi connectivity index (χ1v) is 10.9. The van der Waals surface area contributed by atoms with Crippen LogP contribution in [-0.2, 0) is 10.0 Å². The van der Waals surface area contributed by atoms with Crippen molar-refractivity contribution in [2.24, 2.45) is 0 Å². The van der Waals surface area contributed by atoms with Crippen molar-refractivity contribution in [1.29, 1.82) is 0 Å². The van der Waals surface area contributed by atoms with Crippen LogP contribution in [0.15, 0.2) is 47.4 Å². The van der Waals surface area contributed by atoms with Crippen LogP contribution in [0.2, 0.25) is 0 Å². The fraction of sp³-hybridized carbons (Fsp3) is 0.333. The van der Waals surface area contributed by atoms with Crippen molar-refractivity contribution >= 4 is 44.0 Å². The Hall–Kier alpha value is -1.39. The Morgan fingerprint density at radius 1 is 1.12 bits per heavy atom. The van der Waals surface area contributed by atoms with Crippen LogP contribution in [-0.4, -0.2) is 33.6 Å². The number of sulfonamides is 1. The van der Waals surface area contributed by atoms with Crippen molar-refractivity contribution < 1.29 is 12.8 Å². The lowest BCUT2D eigenvalue weighted by Crippen LogP contribution is -2.54. The van der Waals surface area contributed by atoms with E-state index in [1.165, 1.54) is 18.2 Å². The average Bonchev–Trinajstić information content (AvgIpc) is 2.56. The van der Waals surface area contributed by atoms with Crippen LogP contribution in [0.1, 0.15) is 13.8 Å². The fourth-order valence-electron chi connectivity index (χ4n) is 3.14. The molecule has 26 heavy (non-hydrogen) atoms. The zero-order chi connectivity index (χ0) is 18.9. The van der Waals surface area contributed by atoms with Crippen LogP contribution >= 0.6 is 22.6 Å². The molecule has 2 aromatic carbocycles. The molecule has 1 saturated heterocycles. The molecule has 0 spiro atoms. The van der Waals surface area contributed by atoms with E-state index >= 15 is 0 Å². The van der Waals surface area contributed by atoms with Gasteiger partial charge in [-0.15, -0.1) is 0 Å². The number of hydrogen-bond donors (Lipinski definition) is 2. The van der Waals surface area contributed by atoms with Gasteiger partial charge in [-0.3, -0.25) is 4.72 Å². The van der Waals surface area contributed by atoms with E-state index in [-0.39, 0.29) is 10.6 Å². The van der Waals surface area contributed by atoms with Gasteiger partial charge >= 0.3 is 0 Å². The predicted octanol–water partition coefficient (Wildman–Crippen LogP) is 3.42. The molecule has 140 valence electrons. The maximum absolute atomic E-state index is 14.2. The number of nitrogens with zero attached hydrogens (tertiary/aromatic N) is 1. The second-order valence-corrected chi connectivity index (χ2v) is 9.53. The molecule has 1 aliphatic rings. The monoisotopic (exact) mass is 489 g/mol. The van der Waals surface area contributed by atoms with Gasteiger partial charge in [0, 0.05) is 34.4 Å². The molecule has 1 aliphatic heterocycles. The molecule has 2 atom stereocenters. The highest BCUT2D eigenvalue weighted by atomic mass is 127. The molecule has 0 amide bonds. The van der Waals surface area contributed by atoms with Crippen LogP contribution in [0, 0.1) is 9.39 Å². The third-order valence-corrected chi connectivity index (χ3v) is 6.34. The Kier molecular flexibility index (Phi) is 5.73. The van der Waals surface area contributed by atoms with Crippen molar-refractivity contribution in [2.75, 3.05) is 22.7 Å². The number of halogens is 2. The van der Waals surface area contributed by atoms with E-state index in [1.807, 2.05) is 0 Å². The minimum Gasteiger partial charge on any atom is -0.368 e. The van der Waals surface area contributed by atoms with E-state index < -0.39 is 15.8 Å². The van der Waals surface area contributed by atoms with E-state index in [9.17, 15) is 12.8 Å². The number of benzene rings is 2. The van der Waals surface area contributed by atoms with Gasteiger partial charge in [0.15, 0.2) is 0 Å². The zero-order valence-corrected chi connectivity index (χ0v) is 17.5. The van der Waals surface area contributed by atoms with Gasteiger partial charge in [0.2, 0.25) is 0 Å². The summed E-state index contributed by atoms with van der Waals surface area (Å²) in [5, 5.41) is 3.44. The molecule has 2 N–H and O–H groups in total. The molecule has 3 rings (SSSR count). The first-order chi connectivity index (χ1) is 12.2. The van der Waals surface area contributed by atoms with E-state index in [0.717, 1.165) is 22.3 Å². The van der Waals surface area contributed by atoms with Crippen molar-refractivity contribution in [3.63, 3.8) is 0 Å². The van der Waals surface area contributed by atoms with Crippen molar-refractivity contribution in [3.8, 4) is 0 Å². The molecule has 5 nitrogen and oxygen atoms in total. The van der Waals surface area contributed by atoms with Crippen LogP contribution in [0.3, 0.4) is 0 Å². The predicted molar refractivity (Wildman–Crippen MR) is 111 cm³/mol. The Morgan fingerprint density at radius 3 is 2.35 bits per heavy atom. The lowest BCUT2D eigenvalue weighted by Gasteiger charge is -2.37. The van der Waals surface area contributed by atoms with Crippen molar-refractivity contribution in [1.82, 2.24) is 5.32 Å². The number of nitrogens with one attached hydrogen (secondary N) is 2. The normalized spacial score (nSPS) is 20.8. The summed E-state index contributed by atoms with van der Waals surface area (Å²) in [6, 6.07) is 11.6. The summed E-state index contributed by atoms with van der Waals surface area (Å²) >= 11 is 2.10. The van der Waals surface area contributed by atoms with Gasteiger partial charge in [0.25, 0.3) is 10.0 Å². The lowest BCUT2D eigenvalue weighted by molar-refractivity contribution is 0.407. The molecule has 0 aromatic heterocycles.